The maximum absolute atomic E-state index is 13.1. The first-order valence-electron chi connectivity index (χ1n) is 5.05. The van der Waals surface area contributed by atoms with Gasteiger partial charge in [0.15, 0.2) is 0 Å². The van der Waals surface area contributed by atoms with Gasteiger partial charge in [0.1, 0.15) is 11.6 Å². The van der Waals surface area contributed by atoms with Gasteiger partial charge in [-0.05, 0) is 30.2 Å². The van der Waals surface area contributed by atoms with Crippen molar-refractivity contribution < 1.29 is 4.39 Å². The molecule has 1 aromatic heterocycles. The molecule has 4 heteroatoms. The highest BCUT2D eigenvalue weighted by Crippen LogP contribution is 2.29. The Balaban J connectivity index is 2.20. The van der Waals surface area contributed by atoms with Crippen LogP contribution in [0.1, 0.15) is 21.8 Å². The van der Waals surface area contributed by atoms with Crippen LogP contribution in [0.4, 0.5) is 4.39 Å². The smallest absolute Gasteiger partial charge is 0.123 e. The number of nitrogens with zero attached hydrogens (tertiary/aromatic N) is 1. The van der Waals surface area contributed by atoms with Crippen molar-refractivity contribution in [3.63, 3.8) is 0 Å². The largest absolute Gasteiger partial charge is 0.349 e. The Hall–Kier alpha value is -1.16. The molecule has 2 rings (SSSR count). The Bertz CT molecular complexity index is 468. The molecule has 2 nitrogen and oxygen atoms in total. The van der Waals surface area contributed by atoms with Crippen LogP contribution in [0, 0.1) is 12.7 Å². The third kappa shape index (κ3) is 2.50. The summed E-state index contributed by atoms with van der Waals surface area (Å²) in [4.78, 5) is 7.27. The van der Waals surface area contributed by atoms with Gasteiger partial charge in [0, 0.05) is 23.6 Å². The number of rotatable bonds is 3. The fraction of sp³-hybridized carbons (Fsp3) is 0.250. The fourth-order valence-corrected chi connectivity index (χ4v) is 2.44. The normalized spacial score (nSPS) is 12.7. The molecule has 1 unspecified atom stereocenters. The summed E-state index contributed by atoms with van der Waals surface area (Å²) in [5, 5.41) is 0. The van der Waals surface area contributed by atoms with Gasteiger partial charge in [0.05, 0.1) is 0 Å². The third-order valence-corrected chi connectivity index (χ3v) is 3.32. The average Bonchev–Trinajstić information content (AvgIpc) is 2.74. The molecule has 0 saturated carbocycles. The Morgan fingerprint density at radius 2 is 2.31 bits per heavy atom. The van der Waals surface area contributed by atoms with Gasteiger partial charge >= 0.3 is 0 Å². The fourth-order valence-electron chi connectivity index (χ4n) is 1.64. The van der Waals surface area contributed by atoms with Gasteiger partial charge in [-0.15, -0.1) is 0 Å². The first kappa shape index (κ1) is 11.3. The zero-order valence-corrected chi connectivity index (χ0v) is 10.5. The number of aryl methyl sites for hydroxylation is 1. The Morgan fingerprint density at radius 1 is 1.50 bits per heavy atom. The zero-order valence-electron chi connectivity index (χ0n) is 8.87. The number of hydrogen-bond acceptors (Lipinski definition) is 1. The predicted octanol–water partition coefficient (Wildman–Crippen LogP) is 3.54. The summed E-state index contributed by atoms with van der Waals surface area (Å²) in [7, 11) is 0. The van der Waals surface area contributed by atoms with Crippen molar-refractivity contribution in [2.75, 3.05) is 0 Å². The molecule has 1 atom stereocenters. The van der Waals surface area contributed by atoms with Crippen LogP contribution in [-0.2, 0) is 6.42 Å². The van der Waals surface area contributed by atoms with E-state index in [0.29, 0.717) is 0 Å². The zero-order chi connectivity index (χ0) is 11.5. The van der Waals surface area contributed by atoms with Crippen molar-refractivity contribution in [1.29, 1.82) is 0 Å². The lowest BCUT2D eigenvalue weighted by Crippen LogP contribution is -2.00. The molecule has 1 aromatic carbocycles. The molecule has 0 aliphatic heterocycles. The van der Waals surface area contributed by atoms with E-state index in [0.717, 1.165) is 23.4 Å². The highest BCUT2D eigenvalue weighted by Gasteiger charge is 2.13. The van der Waals surface area contributed by atoms with Crippen LogP contribution in [0.5, 0.6) is 0 Å². The van der Waals surface area contributed by atoms with Crippen molar-refractivity contribution in [3.8, 4) is 0 Å². The Kier molecular flexibility index (Phi) is 3.39. The van der Waals surface area contributed by atoms with Crippen LogP contribution in [0.2, 0.25) is 0 Å². The molecule has 0 aliphatic rings. The third-order valence-electron chi connectivity index (χ3n) is 2.51. The molecule has 1 N–H and O–H groups in total. The molecule has 0 bridgehead atoms. The number of alkyl halides is 1. The van der Waals surface area contributed by atoms with Gasteiger partial charge in [-0.25, -0.2) is 9.37 Å². The van der Waals surface area contributed by atoms with E-state index in [1.807, 2.05) is 6.92 Å². The van der Waals surface area contributed by atoms with Gasteiger partial charge in [-0.1, -0.05) is 22.0 Å². The quantitative estimate of drug-likeness (QED) is 0.858. The number of hydrogen-bond donors (Lipinski definition) is 1. The van der Waals surface area contributed by atoms with Crippen LogP contribution in [0.15, 0.2) is 30.6 Å². The molecule has 0 radical (unpaired) electrons. The van der Waals surface area contributed by atoms with Crippen molar-refractivity contribution in [2.24, 2.45) is 0 Å². The van der Waals surface area contributed by atoms with Gasteiger partial charge in [0.2, 0.25) is 0 Å². The number of H-pyrrole nitrogens is 1. The molecular formula is C12H12BrFN2. The van der Waals surface area contributed by atoms with Crippen LogP contribution in [-0.4, -0.2) is 9.97 Å². The van der Waals surface area contributed by atoms with Crippen LogP contribution in [0.25, 0.3) is 0 Å². The number of halogens is 2. The lowest BCUT2D eigenvalue weighted by Gasteiger charge is -2.11. The van der Waals surface area contributed by atoms with E-state index in [-0.39, 0.29) is 10.6 Å². The molecule has 1 heterocycles. The number of benzene rings is 1. The van der Waals surface area contributed by atoms with Gasteiger partial charge < -0.3 is 4.98 Å². The molecule has 2 aromatic rings. The van der Waals surface area contributed by atoms with Crippen LogP contribution in [0.3, 0.4) is 0 Å². The second-order valence-electron chi connectivity index (χ2n) is 3.71. The van der Waals surface area contributed by atoms with Crippen molar-refractivity contribution in [1.82, 2.24) is 9.97 Å². The topological polar surface area (TPSA) is 28.7 Å². The van der Waals surface area contributed by atoms with Gasteiger partial charge in [-0.3, -0.25) is 0 Å². The lowest BCUT2D eigenvalue weighted by atomic mass is 10.0. The van der Waals surface area contributed by atoms with Gasteiger partial charge in [0.25, 0.3) is 0 Å². The maximum atomic E-state index is 13.1. The highest BCUT2D eigenvalue weighted by molar-refractivity contribution is 9.09. The molecule has 0 fully saturated rings. The molecule has 84 valence electrons. The molecule has 16 heavy (non-hydrogen) atoms. The summed E-state index contributed by atoms with van der Waals surface area (Å²) in [5.74, 6) is 0.690. The number of aromatic nitrogens is 2. The van der Waals surface area contributed by atoms with Crippen LogP contribution >= 0.6 is 15.9 Å². The second-order valence-corrected chi connectivity index (χ2v) is 4.81. The monoisotopic (exact) mass is 282 g/mol. The number of aromatic amines is 1. The minimum atomic E-state index is -0.204. The summed E-state index contributed by atoms with van der Waals surface area (Å²) in [6.07, 6.45) is 4.22. The minimum Gasteiger partial charge on any atom is -0.349 e. The van der Waals surface area contributed by atoms with E-state index < -0.39 is 0 Å². The summed E-state index contributed by atoms with van der Waals surface area (Å²) in [6, 6.07) is 4.84. The molecule has 0 amide bonds. The standard InChI is InChI=1S/C12H12BrFN2/c1-8-2-3-9(14)6-10(8)11(13)7-12-15-4-5-16-12/h2-6,11H,7H2,1H3,(H,15,16). The first-order chi connectivity index (χ1) is 7.66. The number of imidazole rings is 1. The SMILES string of the molecule is Cc1ccc(F)cc1C(Br)Cc1ncc[nH]1. The van der Waals surface area contributed by atoms with E-state index >= 15 is 0 Å². The maximum Gasteiger partial charge on any atom is 0.123 e. The summed E-state index contributed by atoms with van der Waals surface area (Å²) < 4.78 is 13.1. The molecular weight excluding hydrogens is 271 g/mol. The average molecular weight is 283 g/mol. The molecule has 0 saturated heterocycles. The summed E-state index contributed by atoms with van der Waals surface area (Å²) in [5.41, 5.74) is 2.05. The first-order valence-corrected chi connectivity index (χ1v) is 5.97. The summed E-state index contributed by atoms with van der Waals surface area (Å²) >= 11 is 3.57. The second kappa shape index (κ2) is 4.78. The molecule has 0 aliphatic carbocycles. The van der Waals surface area contributed by atoms with Gasteiger partial charge in [-0.2, -0.15) is 0 Å². The lowest BCUT2D eigenvalue weighted by molar-refractivity contribution is 0.624. The van der Waals surface area contributed by atoms with Crippen molar-refractivity contribution in [3.05, 3.63) is 53.4 Å². The van der Waals surface area contributed by atoms with E-state index in [4.69, 9.17) is 0 Å². The summed E-state index contributed by atoms with van der Waals surface area (Å²) in [6.45, 7) is 1.98. The van der Waals surface area contributed by atoms with Crippen molar-refractivity contribution >= 4 is 15.9 Å². The van der Waals surface area contributed by atoms with E-state index in [1.54, 1.807) is 24.5 Å². The Morgan fingerprint density at radius 3 is 3.00 bits per heavy atom. The molecule has 0 spiro atoms. The van der Waals surface area contributed by atoms with E-state index in [2.05, 4.69) is 25.9 Å². The van der Waals surface area contributed by atoms with Crippen LogP contribution < -0.4 is 0 Å². The van der Waals surface area contributed by atoms with Crippen molar-refractivity contribution in [2.45, 2.75) is 18.2 Å². The Labute approximate surface area is 102 Å². The van der Waals surface area contributed by atoms with E-state index in [1.165, 1.54) is 6.07 Å². The predicted molar refractivity (Wildman–Crippen MR) is 65.1 cm³/mol. The number of nitrogens with one attached hydrogen (secondary N) is 1. The van der Waals surface area contributed by atoms with E-state index in [9.17, 15) is 4.39 Å². The minimum absolute atomic E-state index is 0.0781. The highest BCUT2D eigenvalue weighted by atomic mass is 79.9.